The van der Waals surface area contributed by atoms with Crippen molar-refractivity contribution in [2.45, 2.75) is 88.3 Å². The summed E-state index contributed by atoms with van der Waals surface area (Å²) in [5, 5.41) is -0.0247. The summed E-state index contributed by atoms with van der Waals surface area (Å²) in [5.41, 5.74) is 0. The van der Waals surface area contributed by atoms with Crippen molar-refractivity contribution in [1.29, 1.82) is 0 Å². The monoisotopic (exact) mass is 387 g/mol. The van der Waals surface area contributed by atoms with Crippen molar-refractivity contribution in [3.8, 4) is 0 Å². The van der Waals surface area contributed by atoms with Crippen LogP contribution in [0.15, 0.2) is 0 Å². The van der Waals surface area contributed by atoms with Gasteiger partial charge in [-0.25, -0.2) is 0 Å². The lowest BCUT2D eigenvalue weighted by Crippen LogP contribution is -2.61. The minimum absolute atomic E-state index is 0.0310. The van der Waals surface area contributed by atoms with E-state index in [1.54, 1.807) is 30.5 Å². The van der Waals surface area contributed by atoms with Gasteiger partial charge in [0.15, 0.2) is 4.93 Å². The molecule has 25 heavy (non-hydrogen) atoms. The lowest BCUT2D eigenvalue weighted by Gasteiger charge is -2.43. The molecule has 2 aliphatic rings. The number of unbranched alkanes of at least 4 members (excludes halogenated alkanes) is 2. The zero-order valence-corrected chi connectivity index (χ0v) is 17.6. The molecule has 0 bridgehead atoms. The Labute approximate surface area is 159 Å². The van der Waals surface area contributed by atoms with E-state index in [1.165, 1.54) is 0 Å². The van der Waals surface area contributed by atoms with E-state index in [4.69, 9.17) is 4.74 Å². The molecule has 0 aromatic rings. The van der Waals surface area contributed by atoms with E-state index < -0.39 is 11.0 Å². The Balaban J connectivity index is 1.98. The topological polar surface area (TPSA) is 63.7 Å². The van der Waals surface area contributed by atoms with Crippen molar-refractivity contribution in [3.63, 3.8) is 0 Å². The highest BCUT2D eigenvalue weighted by molar-refractivity contribution is 8.15. The maximum Gasteiger partial charge on any atom is 0.307 e. The van der Waals surface area contributed by atoms with Crippen molar-refractivity contribution in [2.75, 3.05) is 0 Å². The SMILES string of the molecule is CCCCCC(=O)OC(C)(C)SC(=O)[C@@H]1N2C(=O)[C@@H](C)[C@H]2SC1(C)C. The zero-order chi connectivity index (χ0) is 19.0. The molecule has 0 unspecified atom stereocenters. The van der Waals surface area contributed by atoms with Gasteiger partial charge in [-0.05, 0) is 45.9 Å². The van der Waals surface area contributed by atoms with Gasteiger partial charge in [-0.15, -0.1) is 11.8 Å². The molecule has 0 aromatic heterocycles. The third-order valence-corrected chi connectivity index (χ3v) is 7.33. The number of hydrogen-bond donors (Lipinski definition) is 0. The number of fused-ring (bicyclic) bond motifs is 1. The molecule has 142 valence electrons. The fourth-order valence-corrected chi connectivity index (χ4v) is 6.19. The minimum Gasteiger partial charge on any atom is -0.448 e. The molecule has 2 rings (SSSR count). The zero-order valence-electron chi connectivity index (χ0n) is 16.0. The Morgan fingerprint density at radius 2 is 1.96 bits per heavy atom. The molecule has 0 aromatic carbocycles. The molecule has 3 atom stereocenters. The van der Waals surface area contributed by atoms with E-state index in [2.05, 4.69) is 6.92 Å². The van der Waals surface area contributed by atoms with E-state index in [-0.39, 0.29) is 33.0 Å². The Morgan fingerprint density at radius 3 is 2.56 bits per heavy atom. The number of rotatable bonds is 7. The second kappa shape index (κ2) is 7.51. The summed E-state index contributed by atoms with van der Waals surface area (Å²) in [6, 6.07) is -0.478. The third-order valence-electron chi connectivity index (χ3n) is 4.62. The molecule has 0 spiro atoms. The lowest BCUT2D eigenvalue weighted by molar-refractivity contribution is -0.154. The first-order valence-electron chi connectivity index (χ1n) is 8.95. The molecule has 2 saturated heterocycles. The predicted molar refractivity (Wildman–Crippen MR) is 102 cm³/mol. The van der Waals surface area contributed by atoms with Gasteiger partial charge in [0, 0.05) is 11.2 Å². The number of β-lactam (4-membered cyclic amide) rings is 1. The molecular formula is C18H29NO4S2. The van der Waals surface area contributed by atoms with E-state index in [0.29, 0.717) is 6.42 Å². The number of esters is 1. The van der Waals surface area contributed by atoms with Crippen LogP contribution >= 0.6 is 23.5 Å². The fourth-order valence-electron chi connectivity index (χ4n) is 3.35. The average molecular weight is 388 g/mol. The van der Waals surface area contributed by atoms with Crippen LogP contribution in [-0.2, 0) is 19.1 Å². The van der Waals surface area contributed by atoms with Gasteiger partial charge in [0.05, 0.1) is 11.3 Å². The van der Waals surface area contributed by atoms with Crippen molar-refractivity contribution >= 4 is 40.5 Å². The quantitative estimate of drug-likeness (QED) is 0.286. The summed E-state index contributed by atoms with van der Waals surface area (Å²) in [7, 11) is 0. The van der Waals surface area contributed by atoms with Crippen LogP contribution in [0.3, 0.4) is 0 Å². The molecule has 2 aliphatic heterocycles. The van der Waals surface area contributed by atoms with E-state index in [0.717, 1.165) is 31.0 Å². The Hall–Kier alpha value is -0.690. The standard InChI is InChI=1S/C18H29NO4S2/c1-7-8-9-10-12(20)23-18(5,6)25-16(22)13-17(3,4)24-15-11(2)14(21)19(13)15/h11,13,15H,7-10H2,1-6H3/t11-,13+,15-/m1/s1. The van der Waals surface area contributed by atoms with Crippen molar-refractivity contribution in [2.24, 2.45) is 5.92 Å². The molecule has 7 heteroatoms. The molecule has 0 aliphatic carbocycles. The first kappa shape index (κ1) is 20.6. The van der Waals surface area contributed by atoms with Gasteiger partial charge in [-0.2, -0.15) is 0 Å². The summed E-state index contributed by atoms with van der Waals surface area (Å²) in [5.74, 6) is -0.266. The maximum absolute atomic E-state index is 12.9. The van der Waals surface area contributed by atoms with E-state index >= 15 is 0 Å². The highest BCUT2D eigenvalue weighted by Gasteiger charge is 2.62. The number of thioether (sulfide) groups is 2. The van der Waals surface area contributed by atoms with Crippen LogP contribution in [0.1, 0.15) is 67.2 Å². The number of amides is 1. The lowest BCUT2D eigenvalue weighted by atomic mass is 9.94. The largest absolute Gasteiger partial charge is 0.448 e. The Kier molecular flexibility index (Phi) is 6.19. The van der Waals surface area contributed by atoms with Crippen LogP contribution in [0.2, 0.25) is 0 Å². The van der Waals surface area contributed by atoms with Gasteiger partial charge in [0.2, 0.25) is 11.0 Å². The van der Waals surface area contributed by atoms with Crippen LogP contribution < -0.4 is 0 Å². The van der Waals surface area contributed by atoms with Crippen LogP contribution in [0.5, 0.6) is 0 Å². The number of ether oxygens (including phenoxy) is 1. The highest BCUT2D eigenvalue weighted by Crippen LogP contribution is 2.54. The second-order valence-corrected chi connectivity index (χ2v) is 11.2. The molecule has 0 N–H and O–H groups in total. The summed E-state index contributed by atoms with van der Waals surface area (Å²) >= 11 is 2.71. The molecular weight excluding hydrogens is 358 g/mol. The van der Waals surface area contributed by atoms with Crippen LogP contribution in [0.25, 0.3) is 0 Å². The molecule has 2 fully saturated rings. The third kappa shape index (κ3) is 4.35. The highest BCUT2D eigenvalue weighted by atomic mass is 32.2. The maximum atomic E-state index is 12.9. The van der Waals surface area contributed by atoms with Gasteiger partial charge in [0.1, 0.15) is 6.04 Å². The van der Waals surface area contributed by atoms with Crippen LogP contribution in [0.4, 0.5) is 0 Å². The molecule has 0 radical (unpaired) electrons. The van der Waals surface area contributed by atoms with Gasteiger partial charge in [0.25, 0.3) is 0 Å². The molecule has 0 saturated carbocycles. The van der Waals surface area contributed by atoms with Crippen molar-refractivity contribution in [1.82, 2.24) is 4.90 Å². The number of nitrogens with zero attached hydrogens (tertiary/aromatic N) is 1. The fraction of sp³-hybridized carbons (Fsp3) is 0.833. The number of hydrogen-bond acceptors (Lipinski definition) is 6. The first-order valence-corrected chi connectivity index (χ1v) is 10.6. The van der Waals surface area contributed by atoms with Gasteiger partial charge >= 0.3 is 5.97 Å². The molecule has 1 amide bonds. The van der Waals surface area contributed by atoms with E-state index in [9.17, 15) is 14.4 Å². The predicted octanol–water partition coefficient (Wildman–Crippen LogP) is 3.80. The molecule has 2 heterocycles. The van der Waals surface area contributed by atoms with Gasteiger partial charge in [-0.3, -0.25) is 14.4 Å². The summed E-state index contributed by atoms with van der Waals surface area (Å²) in [6.45, 7) is 11.5. The van der Waals surface area contributed by atoms with Crippen molar-refractivity contribution in [3.05, 3.63) is 0 Å². The summed E-state index contributed by atoms with van der Waals surface area (Å²) < 4.78 is 5.17. The number of carbonyl (C=O) groups excluding carboxylic acids is 3. The second-order valence-electron chi connectivity index (χ2n) is 7.80. The van der Waals surface area contributed by atoms with E-state index in [1.807, 2.05) is 20.8 Å². The first-order chi connectivity index (χ1) is 11.5. The van der Waals surface area contributed by atoms with Crippen LogP contribution in [-0.4, -0.2) is 43.0 Å². The smallest absolute Gasteiger partial charge is 0.307 e. The number of carbonyl (C=O) groups is 3. The Bertz CT molecular complexity index is 561. The average Bonchev–Trinajstić information content (AvgIpc) is 2.74. The van der Waals surface area contributed by atoms with Crippen LogP contribution in [0, 0.1) is 5.92 Å². The van der Waals surface area contributed by atoms with Gasteiger partial charge in [-0.1, -0.05) is 26.7 Å². The van der Waals surface area contributed by atoms with Gasteiger partial charge < -0.3 is 9.64 Å². The minimum atomic E-state index is -0.932. The normalized spacial score (nSPS) is 27.7. The van der Waals surface area contributed by atoms with Crippen molar-refractivity contribution < 1.29 is 19.1 Å². The summed E-state index contributed by atoms with van der Waals surface area (Å²) in [4.78, 5) is 37.9. The molecule has 5 nitrogen and oxygen atoms in total. The summed E-state index contributed by atoms with van der Waals surface area (Å²) in [6.07, 6.45) is 3.21. The Morgan fingerprint density at radius 1 is 1.32 bits per heavy atom.